The molecule has 2 heterocycles. The van der Waals surface area contributed by atoms with Crippen molar-refractivity contribution in [3.05, 3.63) is 40.3 Å². The number of halogens is 1. The highest BCUT2D eigenvalue weighted by Gasteiger charge is 2.26. The van der Waals surface area contributed by atoms with Gasteiger partial charge in [0, 0.05) is 32.7 Å². The number of aromatic nitrogens is 2. The molecule has 1 saturated heterocycles. The van der Waals surface area contributed by atoms with Crippen molar-refractivity contribution < 1.29 is 38.0 Å². The molecule has 0 spiro atoms. The molecule has 1 aliphatic heterocycles. The first-order chi connectivity index (χ1) is 20.3. The summed E-state index contributed by atoms with van der Waals surface area (Å²) < 4.78 is 39.9. The molecule has 3 aromatic rings. The lowest BCUT2D eigenvalue weighted by atomic mass is 10.1. The van der Waals surface area contributed by atoms with Crippen LogP contribution >= 0.6 is 12.4 Å². The van der Waals surface area contributed by atoms with E-state index in [2.05, 4.69) is 21.9 Å². The summed E-state index contributed by atoms with van der Waals surface area (Å²) in [6, 6.07) is 4.65. The second-order valence-electron chi connectivity index (χ2n) is 9.78. The summed E-state index contributed by atoms with van der Waals surface area (Å²) in [5.41, 5.74) is -0.174. The molecule has 0 radical (unpaired) electrons. The lowest BCUT2D eigenvalue weighted by molar-refractivity contribution is 0.00910. The van der Waals surface area contributed by atoms with Gasteiger partial charge in [0.15, 0.2) is 23.0 Å². The normalized spacial score (nSPS) is 14.4. The second kappa shape index (κ2) is 15.0. The molecular weight excluding hydrogens is 584 g/mol. The number of rotatable bonds is 12. The molecule has 14 heteroatoms. The summed E-state index contributed by atoms with van der Waals surface area (Å²) in [5.74, 6) is 1.45. The number of hydrogen-bond acceptors (Lipinski definition) is 12. The van der Waals surface area contributed by atoms with Crippen LogP contribution in [0.1, 0.15) is 10.4 Å². The third-order valence-electron chi connectivity index (χ3n) is 7.27. The van der Waals surface area contributed by atoms with Gasteiger partial charge in [-0.25, -0.2) is 9.48 Å². The van der Waals surface area contributed by atoms with Crippen molar-refractivity contribution in [1.29, 1.82) is 0 Å². The van der Waals surface area contributed by atoms with Gasteiger partial charge in [-0.2, -0.15) is 5.10 Å². The Balaban J connectivity index is 0.00000506. The maximum absolute atomic E-state index is 13.7. The van der Waals surface area contributed by atoms with Crippen LogP contribution in [0.3, 0.4) is 0 Å². The van der Waals surface area contributed by atoms with Gasteiger partial charge in [-0.3, -0.25) is 9.69 Å². The number of fused-ring (bicyclic) bond motifs is 1. The SMILES string of the molecule is COc1cc(C(=O)OC(CN2CCN(C)CC2)Cn2ncc3c(OC)c(OC)c(OC)cc3c2=O)cc(OC)c1OC.Cl. The molecule has 1 aromatic heterocycles. The minimum atomic E-state index is -0.704. The summed E-state index contributed by atoms with van der Waals surface area (Å²) in [4.78, 5) is 31.6. The summed E-state index contributed by atoms with van der Waals surface area (Å²) in [6.07, 6.45) is 0.829. The third kappa shape index (κ3) is 7.17. The molecule has 1 fully saturated rings. The van der Waals surface area contributed by atoms with E-state index in [4.69, 9.17) is 33.2 Å². The predicted molar refractivity (Wildman–Crippen MR) is 162 cm³/mol. The number of carbonyl (C=O) groups is 1. The fourth-order valence-corrected chi connectivity index (χ4v) is 4.99. The van der Waals surface area contributed by atoms with Crippen molar-refractivity contribution in [2.45, 2.75) is 12.6 Å². The number of hydrogen-bond donors (Lipinski definition) is 0. The number of piperazine rings is 1. The van der Waals surface area contributed by atoms with Gasteiger partial charge in [0.25, 0.3) is 5.56 Å². The Morgan fingerprint density at radius 2 is 1.33 bits per heavy atom. The Hall–Kier alpha value is -3.94. The monoisotopic (exact) mass is 622 g/mol. The molecule has 0 N–H and O–H groups in total. The lowest BCUT2D eigenvalue weighted by Gasteiger charge is -2.34. The predicted octanol–water partition coefficient (Wildman–Crippen LogP) is 2.34. The van der Waals surface area contributed by atoms with E-state index in [9.17, 15) is 9.59 Å². The van der Waals surface area contributed by atoms with Crippen LogP contribution in [0.2, 0.25) is 0 Å². The van der Waals surface area contributed by atoms with Gasteiger partial charge in [-0.1, -0.05) is 0 Å². The van der Waals surface area contributed by atoms with Gasteiger partial charge in [0.1, 0.15) is 6.10 Å². The summed E-state index contributed by atoms with van der Waals surface area (Å²) in [7, 11) is 11.0. The van der Waals surface area contributed by atoms with Gasteiger partial charge in [-0.15, -0.1) is 12.4 Å². The van der Waals surface area contributed by atoms with Crippen molar-refractivity contribution >= 4 is 29.1 Å². The minimum absolute atomic E-state index is 0. The number of methoxy groups -OCH3 is 6. The number of carbonyl (C=O) groups excluding carboxylic acids is 1. The molecule has 43 heavy (non-hydrogen) atoms. The number of benzene rings is 2. The van der Waals surface area contributed by atoms with E-state index in [-0.39, 0.29) is 30.1 Å². The summed E-state index contributed by atoms with van der Waals surface area (Å²) in [6.45, 7) is 3.78. The molecule has 0 bridgehead atoms. The van der Waals surface area contributed by atoms with Crippen LogP contribution in [0.4, 0.5) is 0 Å². The maximum Gasteiger partial charge on any atom is 0.338 e. The van der Waals surface area contributed by atoms with E-state index < -0.39 is 12.1 Å². The van der Waals surface area contributed by atoms with Gasteiger partial charge in [0.2, 0.25) is 11.5 Å². The van der Waals surface area contributed by atoms with Crippen molar-refractivity contribution in [1.82, 2.24) is 19.6 Å². The van der Waals surface area contributed by atoms with Crippen LogP contribution in [0, 0.1) is 0 Å². The molecule has 1 unspecified atom stereocenters. The third-order valence-corrected chi connectivity index (χ3v) is 7.27. The highest BCUT2D eigenvalue weighted by Crippen LogP contribution is 2.42. The van der Waals surface area contributed by atoms with Gasteiger partial charge >= 0.3 is 5.97 Å². The summed E-state index contributed by atoms with van der Waals surface area (Å²) >= 11 is 0. The minimum Gasteiger partial charge on any atom is -0.493 e. The largest absolute Gasteiger partial charge is 0.493 e. The Kier molecular flexibility index (Phi) is 11.7. The Bertz CT molecular complexity index is 1450. The molecule has 2 aromatic carbocycles. The number of ether oxygens (including phenoxy) is 7. The topological polar surface area (TPSA) is 123 Å². The van der Waals surface area contributed by atoms with Gasteiger partial charge in [-0.05, 0) is 25.2 Å². The first-order valence-corrected chi connectivity index (χ1v) is 13.4. The Labute approximate surface area is 256 Å². The van der Waals surface area contributed by atoms with Gasteiger partial charge in [0.05, 0.1) is 71.7 Å². The Morgan fingerprint density at radius 3 is 1.86 bits per heavy atom. The smallest absolute Gasteiger partial charge is 0.338 e. The molecule has 4 rings (SSSR count). The summed E-state index contributed by atoms with van der Waals surface area (Å²) in [5, 5.41) is 5.20. The van der Waals surface area contributed by atoms with E-state index in [1.54, 1.807) is 6.07 Å². The van der Waals surface area contributed by atoms with E-state index in [1.165, 1.54) is 65.7 Å². The highest BCUT2D eigenvalue weighted by molar-refractivity contribution is 5.92. The van der Waals surface area contributed by atoms with Crippen molar-refractivity contribution in [2.75, 3.05) is 82.4 Å². The first-order valence-electron chi connectivity index (χ1n) is 13.4. The second-order valence-corrected chi connectivity index (χ2v) is 9.78. The van der Waals surface area contributed by atoms with Crippen molar-refractivity contribution in [2.24, 2.45) is 0 Å². The van der Waals surface area contributed by atoms with Crippen LogP contribution in [-0.4, -0.2) is 114 Å². The van der Waals surface area contributed by atoms with E-state index in [0.29, 0.717) is 51.8 Å². The first kappa shape index (κ1) is 33.6. The molecule has 1 aliphatic rings. The standard InChI is InChI=1S/C29H38N4O9.ClH/c1-31-8-10-32(11-9-31)16-19(42-29(35)18-12-22(36-2)26(40-6)23(13-18)37-3)17-33-28(34)20-14-24(38-4)27(41-7)25(39-5)21(20)15-30-33;/h12-15,19H,8-11,16-17H2,1-7H3;1H. The molecule has 236 valence electrons. The van der Waals surface area contributed by atoms with Crippen molar-refractivity contribution in [3.63, 3.8) is 0 Å². The quantitative estimate of drug-likeness (QED) is 0.276. The van der Waals surface area contributed by atoms with Gasteiger partial charge < -0.3 is 38.1 Å². The fraction of sp³-hybridized carbons (Fsp3) is 0.483. The molecular formula is C29H39ClN4O9. The molecule has 13 nitrogen and oxygen atoms in total. The average Bonchev–Trinajstić information content (AvgIpc) is 3.01. The van der Waals surface area contributed by atoms with E-state index in [0.717, 1.165) is 26.2 Å². The van der Waals surface area contributed by atoms with E-state index in [1.807, 2.05) is 0 Å². The van der Waals surface area contributed by atoms with Crippen LogP contribution in [-0.2, 0) is 11.3 Å². The molecule has 0 amide bonds. The number of likely N-dealkylation sites (N-methyl/N-ethyl adjacent to an activating group) is 1. The van der Waals surface area contributed by atoms with Crippen molar-refractivity contribution in [3.8, 4) is 34.5 Å². The van der Waals surface area contributed by atoms with Crippen LogP contribution < -0.4 is 34.0 Å². The average molecular weight is 623 g/mol. The Morgan fingerprint density at radius 1 is 0.767 bits per heavy atom. The number of nitrogens with zero attached hydrogens (tertiary/aromatic N) is 4. The zero-order valence-corrected chi connectivity index (χ0v) is 26.3. The lowest BCUT2D eigenvalue weighted by Crippen LogP contribution is -2.48. The van der Waals surface area contributed by atoms with Crippen LogP contribution in [0.15, 0.2) is 29.2 Å². The zero-order valence-electron chi connectivity index (χ0n) is 25.5. The van der Waals surface area contributed by atoms with E-state index >= 15 is 0 Å². The molecule has 0 aliphatic carbocycles. The fourth-order valence-electron chi connectivity index (χ4n) is 4.99. The van der Waals surface area contributed by atoms with Crippen LogP contribution in [0.5, 0.6) is 34.5 Å². The molecule has 0 saturated carbocycles. The van der Waals surface area contributed by atoms with Crippen LogP contribution in [0.25, 0.3) is 10.8 Å². The molecule has 1 atom stereocenters. The maximum atomic E-state index is 13.7. The highest BCUT2D eigenvalue weighted by atomic mass is 35.5. The zero-order chi connectivity index (χ0) is 30.4. The number of esters is 1.